The summed E-state index contributed by atoms with van der Waals surface area (Å²) in [4.78, 5) is 10.4. The molecule has 0 rings (SSSR count). The summed E-state index contributed by atoms with van der Waals surface area (Å²) in [6.07, 6.45) is 1.17. The molecule has 0 aromatic rings. The van der Waals surface area contributed by atoms with Crippen molar-refractivity contribution in [1.29, 1.82) is 0 Å². The summed E-state index contributed by atoms with van der Waals surface area (Å²) in [6.45, 7) is 2.55. The molecule has 0 fully saturated rings. The van der Waals surface area contributed by atoms with Crippen LogP contribution in [0, 0.1) is 0 Å². The molecule has 80 valence electrons. The van der Waals surface area contributed by atoms with E-state index in [1.807, 2.05) is 6.92 Å². The summed E-state index contributed by atoms with van der Waals surface area (Å²) in [6, 6.07) is -0.597. The van der Waals surface area contributed by atoms with Gasteiger partial charge < -0.3 is 15.5 Å². The van der Waals surface area contributed by atoms with Gasteiger partial charge in [0.15, 0.2) is 0 Å². The topological polar surface area (TPSA) is 69.6 Å². The number of hydrogen-bond donors (Lipinski definition) is 3. The van der Waals surface area contributed by atoms with E-state index in [1.165, 1.54) is 0 Å². The van der Waals surface area contributed by atoms with Gasteiger partial charge >= 0.3 is 5.97 Å². The molecule has 0 aliphatic heterocycles. The number of carboxylic acid groups (broad SMARTS) is 1. The van der Waals surface area contributed by atoms with Crippen LogP contribution in [0.1, 0.15) is 19.8 Å². The molecule has 0 aliphatic rings. The third-order valence-corrected chi connectivity index (χ3v) is 1.36. The van der Waals surface area contributed by atoms with Crippen molar-refractivity contribution in [1.82, 2.24) is 5.32 Å². The Hall–Kier alpha value is 0.652. The van der Waals surface area contributed by atoms with Crippen molar-refractivity contribution in [3.8, 4) is 0 Å². The molecule has 4 nitrogen and oxygen atoms in total. The van der Waals surface area contributed by atoms with E-state index < -0.39 is 12.0 Å². The minimum absolute atomic E-state index is 0. The van der Waals surface area contributed by atoms with Crippen LogP contribution in [-0.2, 0) is 22.2 Å². The number of halogens is 1. The van der Waals surface area contributed by atoms with E-state index in [0.717, 1.165) is 6.42 Å². The predicted molar refractivity (Wildman–Crippen MR) is 56.8 cm³/mol. The largest absolute Gasteiger partial charge is 0.480 e. The molecule has 0 aromatic carbocycles. The molecule has 0 aliphatic carbocycles. The first-order chi connectivity index (χ1) is 5.22. The maximum atomic E-state index is 10.4. The first kappa shape index (κ1) is 19.3. The molecule has 0 saturated heterocycles. The van der Waals surface area contributed by atoms with Crippen LogP contribution < -0.4 is 5.32 Å². The Balaban J connectivity index is -0.000000500. The summed E-state index contributed by atoms with van der Waals surface area (Å²) in [5, 5.41) is 19.8. The fourth-order valence-corrected chi connectivity index (χ4v) is 0.761. The van der Waals surface area contributed by atoms with Crippen LogP contribution in [0.2, 0.25) is 0 Å². The predicted octanol–water partition coefficient (Wildman–Crippen LogP) is 0.437. The average molecular weight is 341 g/mol. The number of aliphatic hydroxyl groups is 1. The van der Waals surface area contributed by atoms with Crippen molar-refractivity contribution in [2.75, 3.05) is 13.2 Å². The third kappa shape index (κ3) is 10.6. The smallest absolute Gasteiger partial charge is 0.320 e. The minimum Gasteiger partial charge on any atom is -0.480 e. The van der Waals surface area contributed by atoms with Crippen molar-refractivity contribution >= 4 is 29.9 Å². The Morgan fingerprint density at radius 1 is 1.54 bits per heavy atom. The van der Waals surface area contributed by atoms with Crippen LogP contribution >= 0.6 is 24.0 Å². The summed E-state index contributed by atoms with van der Waals surface area (Å²) in [5.41, 5.74) is 0. The third-order valence-electron chi connectivity index (χ3n) is 1.36. The van der Waals surface area contributed by atoms with E-state index in [1.54, 1.807) is 0 Å². The summed E-state index contributed by atoms with van der Waals surface area (Å²) >= 11 is 0. The fraction of sp³-hybridized carbons (Fsp3) is 0.857. The average Bonchev–Trinajstić information content (AvgIpc) is 1.97. The Kier molecular flexibility index (Phi) is 18.7. The molecule has 6 heteroatoms. The van der Waals surface area contributed by atoms with Crippen LogP contribution in [0.4, 0.5) is 0 Å². The van der Waals surface area contributed by atoms with Crippen molar-refractivity contribution < 1.29 is 32.4 Å². The molecule has 0 amide bonds. The summed E-state index contributed by atoms with van der Waals surface area (Å²) < 4.78 is 0. The number of carboxylic acids is 1. The van der Waals surface area contributed by atoms with Gasteiger partial charge in [-0.15, -0.1) is 24.0 Å². The van der Waals surface area contributed by atoms with Gasteiger partial charge in [0.25, 0.3) is 0 Å². The van der Waals surface area contributed by atoms with Crippen molar-refractivity contribution in [2.24, 2.45) is 0 Å². The van der Waals surface area contributed by atoms with E-state index >= 15 is 0 Å². The first-order valence-electron chi connectivity index (χ1n) is 3.79. The van der Waals surface area contributed by atoms with Crippen LogP contribution in [0.15, 0.2) is 0 Å². The molecule has 0 spiro atoms. The number of carbonyl (C=O) groups is 1. The number of hydrogen-bond acceptors (Lipinski definition) is 3. The second-order valence-corrected chi connectivity index (χ2v) is 2.36. The minimum atomic E-state index is -0.896. The van der Waals surface area contributed by atoms with Gasteiger partial charge in [-0.1, -0.05) is 6.92 Å². The molecular formula is C7H16CrINO3. The van der Waals surface area contributed by atoms with E-state index in [0.29, 0.717) is 6.54 Å². The second-order valence-electron chi connectivity index (χ2n) is 2.36. The normalized spacial score (nSPS) is 10.9. The van der Waals surface area contributed by atoms with Gasteiger partial charge in [0.1, 0.15) is 6.04 Å². The van der Waals surface area contributed by atoms with Gasteiger partial charge in [0.05, 0.1) is 0 Å². The van der Waals surface area contributed by atoms with Gasteiger partial charge in [0, 0.05) is 24.0 Å². The number of aliphatic carboxylic acids is 1. The zero-order valence-electron chi connectivity index (χ0n) is 7.52. The fourth-order valence-electron chi connectivity index (χ4n) is 0.761. The summed E-state index contributed by atoms with van der Waals surface area (Å²) in [7, 11) is 0. The van der Waals surface area contributed by atoms with E-state index in [-0.39, 0.29) is 54.4 Å². The van der Waals surface area contributed by atoms with Gasteiger partial charge in [-0.25, -0.2) is 0 Å². The quantitative estimate of drug-likeness (QED) is 0.613. The molecule has 0 radical (unpaired) electrons. The Morgan fingerprint density at radius 3 is 2.38 bits per heavy atom. The number of aliphatic hydroxyl groups excluding tert-OH is 1. The van der Waals surface area contributed by atoms with E-state index in [4.69, 9.17) is 10.2 Å². The SMILES string of the molecule is CCCN[C@@H](CCO)C(=O)O.I.[Cr]. The molecule has 0 unspecified atom stereocenters. The summed E-state index contributed by atoms with van der Waals surface area (Å²) in [5.74, 6) is -0.896. The monoisotopic (exact) mass is 341 g/mol. The molecule has 1 atom stereocenters. The van der Waals surface area contributed by atoms with Crippen LogP contribution in [0.3, 0.4) is 0 Å². The molecule has 3 N–H and O–H groups in total. The van der Waals surface area contributed by atoms with Crippen LogP contribution in [-0.4, -0.2) is 35.4 Å². The molecular weight excluding hydrogens is 325 g/mol. The van der Waals surface area contributed by atoms with Crippen molar-refractivity contribution in [3.63, 3.8) is 0 Å². The molecule has 0 heterocycles. The zero-order valence-corrected chi connectivity index (χ0v) is 11.1. The van der Waals surface area contributed by atoms with Crippen molar-refractivity contribution in [2.45, 2.75) is 25.8 Å². The molecule has 0 aromatic heterocycles. The van der Waals surface area contributed by atoms with Crippen LogP contribution in [0.25, 0.3) is 0 Å². The molecule has 0 saturated carbocycles. The van der Waals surface area contributed by atoms with Crippen LogP contribution in [0.5, 0.6) is 0 Å². The van der Waals surface area contributed by atoms with Gasteiger partial charge in [-0.05, 0) is 19.4 Å². The van der Waals surface area contributed by atoms with E-state index in [9.17, 15) is 4.79 Å². The first-order valence-corrected chi connectivity index (χ1v) is 3.79. The zero-order chi connectivity index (χ0) is 8.69. The Bertz CT molecular complexity index is 126. The number of nitrogens with one attached hydrogen (secondary N) is 1. The van der Waals surface area contributed by atoms with Gasteiger partial charge in [0.2, 0.25) is 0 Å². The number of rotatable bonds is 6. The molecule has 0 bridgehead atoms. The second kappa shape index (κ2) is 12.7. The van der Waals surface area contributed by atoms with E-state index in [2.05, 4.69) is 5.32 Å². The van der Waals surface area contributed by atoms with Gasteiger partial charge in [-0.2, -0.15) is 0 Å². The molecule has 13 heavy (non-hydrogen) atoms. The van der Waals surface area contributed by atoms with Gasteiger partial charge in [-0.3, -0.25) is 4.79 Å². The standard InChI is InChI=1S/C7H15NO3.Cr.HI/c1-2-4-8-6(3-5-9)7(10)11;;/h6,8-9H,2-5H2,1H3,(H,10,11);;1H/t6-;;/m0../s1. The maximum Gasteiger partial charge on any atom is 0.320 e. The van der Waals surface area contributed by atoms with Crippen molar-refractivity contribution in [3.05, 3.63) is 0 Å². The Labute approximate surface area is 106 Å². The Morgan fingerprint density at radius 2 is 2.08 bits per heavy atom. The maximum absolute atomic E-state index is 10.4.